The molecule has 0 unspecified atom stereocenters. The fraction of sp³-hybridized carbons (Fsp3) is 0.250. The van der Waals surface area contributed by atoms with Crippen molar-refractivity contribution in [1.29, 1.82) is 0 Å². The molecular weight excluding hydrogens is 384 g/mol. The lowest BCUT2D eigenvalue weighted by Crippen LogP contribution is -2.12. The van der Waals surface area contributed by atoms with Gasteiger partial charge in [0, 0.05) is 18.1 Å². The highest BCUT2D eigenvalue weighted by molar-refractivity contribution is 5.86. The molecule has 6 nitrogen and oxygen atoms in total. The first-order chi connectivity index (χ1) is 14.5. The highest BCUT2D eigenvalue weighted by Crippen LogP contribution is 2.08. The minimum absolute atomic E-state index is 0.237. The second-order valence-corrected chi connectivity index (χ2v) is 5.96. The largest absolute Gasteiger partial charge is 0.493 e. The molecule has 30 heavy (non-hydrogen) atoms. The van der Waals surface area contributed by atoms with E-state index in [1.807, 2.05) is 60.7 Å². The Morgan fingerprint density at radius 1 is 0.800 bits per heavy atom. The Hall–Kier alpha value is -3.54. The lowest BCUT2D eigenvalue weighted by atomic mass is 10.3. The van der Waals surface area contributed by atoms with E-state index in [1.165, 1.54) is 0 Å². The summed E-state index contributed by atoms with van der Waals surface area (Å²) in [7, 11) is 0. The molecule has 6 heteroatoms. The van der Waals surface area contributed by atoms with Gasteiger partial charge in [-0.15, -0.1) is 0 Å². The summed E-state index contributed by atoms with van der Waals surface area (Å²) in [4.78, 5) is 21.6. The number of para-hydroxylation sites is 2. The zero-order valence-electron chi connectivity index (χ0n) is 17.3. The van der Waals surface area contributed by atoms with E-state index in [9.17, 15) is 9.59 Å². The predicted molar refractivity (Wildman–Crippen MR) is 115 cm³/mol. The van der Waals surface area contributed by atoms with Crippen molar-refractivity contribution in [2.45, 2.75) is 13.3 Å². The molecule has 0 saturated carbocycles. The van der Waals surface area contributed by atoms with Crippen LogP contribution in [0.2, 0.25) is 0 Å². The van der Waals surface area contributed by atoms with Crippen LogP contribution in [0.15, 0.2) is 85.5 Å². The first-order valence-corrected chi connectivity index (χ1v) is 9.50. The zero-order valence-corrected chi connectivity index (χ0v) is 17.3. The molecule has 0 N–H and O–H groups in total. The first kappa shape index (κ1) is 24.5. The summed E-state index contributed by atoms with van der Waals surface area (Å²) in [6.07, 6.45) is 1.83. The number of hydrogen-bond acceptors (Lipinski definition) is 6. The van der Waals surface area contributed by atoms with E-state index in [0.717, 1.165) is 17.6 Å². The van der Waals surface area contributed by atoms with E-state index < -0.39 is 5.97 Å². The third-order valence-corrected chi connectivity index (χ3v) is 3.39. The van der Waals surface area contributed by atoms with Gasteiger partial charge in [-0.2, -0.15) is 0 Å². The van der Waals surface area contributed by atoms with Gasteiger partial charge in [-0.25, -0.2) is 9.59 Å². The Morgan fingerprint density at radius 2 is 1.33 bits per heavy atom. The van der Waals surface area contributed by atoms with Crippen molar-refractivity contribution in [2.75, 3.05) is 26.4 Å². The minimum atomic E-state index is -0.394. The summed E-state index contributed by atoms with van der Waals surface area (Å²) in [5.41, 5.74) is 0.398. The Labute approximate surface area is 177 Å². The van der Waals surface area contributed by atoms with Crippen LogP contribution in [0.5, 0.6) is 11.5 Å². The van der Waals surface area contributed by atoms with Gasteiger partial charge >= 0.3 is 11.9 Å². The van der Waals surface area contributed by atoms with E-state index in [2.05, 4.69) is 13.2 Å². The van der Waals surface area contributed by atoms with Gasteiger partial charge in [0.15, 0.2) is 0 Å². The van der Waals surface area contributed by atoms with Crippen LogP contribution in [0.3, 0.4) is 0 Å². The maximum absolute atomic E-state index is 11.0. The summed E-state index contributed by atoms with van der Waals surface area (Å²) in [5.74, 6) is 0.817. The maximum Gasteiger partial charge on any atom is 0.333 e. The van der Waals surface area contributed by atoms with E-state index >= 15 is 0 Å². The van der Waals surface area contributed by atoms with Crippen molar-refractivity contribution in [3.63, 3.8) is 0 Å². The summed E-state index contributed by atoms with van der Waals surface area (Å²) >= 11 is 0. The lowest BCUT2D eigenvalue weighted by Gasteiger charge is -2.06. The summed E-state index contributed by atoms with van der Waals surface area (Å²) < 4.78 is 20.4. The van der Waals surface area contributed by atoms with Crippen LogP contribution in [-0.2, 0) is 19.1 Å². The molecule has 0 heterocycles. The fourth-order valence-corrected chi connectivity index (χ4v) is 1.93. The average molecular weight is 412 g/mol. The van der Waals surface area contributed by atoms with Gasteiger partial charge in [-0.05, 0) is 31.2 Å². The second-order valence-electron chi connectivity index (χ2n) is 5.96. The number of carbonyl (C=O) groups is 2. The Kier molecular flexibility index (Phi) is 12.6. The van der Waals surface area contributed by atoms with Crippen LogP contribution < -0.4 is 9.47 Å². The first-order valence-electron chi connectivity index (χ1n) is 9.50. The standard InChI is InChI=1S/2C12H14O3/c1-10(2)12(13)15-9-8-14-11-6-4-3-5-7-11;1-2-12(13)15-10-6-9-14-11-7-4-3-5-8-11/h3-7H,1,8-9H2,2H3;2-5,7-8H,1,6,9-10H2. The summed E-state index contributed by atoms with van der Waals surface area (Å²) in [6.45, 7) is 9.87. The van der Waals surface area contributed by atoms with Crippen molar-refractivity contribution in [2.24, 2.45) is 0 Å². The quantitative estimate of drug-likeness (QED) is 0.310. The molecule has 2 rings (SSSR count). The predicted octanol–water partition coefficient (Wildman–Crippen LogP) is 4.37. The number of ether oxygens (including phenoxy) is 4. The molecular formula is C24H28O6. The van der Waals surface area contributed by atoms with Crippen LogP contribution in [0.25, 0.3) is 0 Å². The molecule has 0 bridgehead atoms. The van der Waals surface area contributed by atoms with Crippen LogP contribution in [0, 0.1) is 0 Å². The molecule has 0 aliphatic rings. The Morgan fingerprint density at radius 3 is 1.83 bits per heavy atom. The molecule has 0 aliphatic carbocycles. The molecule has 160 valence electrons. The smallest absolute Gasteiger partial charge is 0.333 e. The third kappa shape index (κ3) is 12.0. The van der Waals surface area contributed by atoms with Gasteiger partial charge in [0.1, 0.15) is 24.7 Å². The summed E-state index contributed by atoms with van der Waals surface area (Å²) in [6, 6.07) is 18.9. The van der Waals surface area contributed by atoms with Crippen LogP contribution in [0.4, 0.5) is 0 Å². The minimum Gasteiger partial charge on any atom is -0.493 e. The number of esters is 2. The third-order valence-electron chi connectivity index (χ3n) is 3.39. The number of hydrogen-bond donors (Lipinski definition) is 0. The number of benzene rings is 2. The second kappa shape index (κ2) is 15.4. The van der Waals surface area contributed by atoms with Crippen molar-refractivity contribution >= 4 is 11.9 Å². The molecule has 2 aromatic carbocycles. The zero-order chi connectivity index (χ0) is 22.0. The molecule has 0 saturated heterocycles. The normalized spacial score (nSPS) is 9.37. The van der Waals surface area contributed by atoms with Gasteiger partial charge in [0.25, 0.3) is 0 Å². The van der Waals surface area contributed by atoms with Gasteiger partial charge in [0.05, 0.1) is 13.2 Å². The van der Waals surface area contributed by atoms with Crippen molar-refractivity contribution in [1.82, 2.24) is 0 Å². The Balaban J connectivity index is 0.000000300. The van der Waals surface area contributed by atoms with Gasteiger partial charge in [0.2, 0.25) is 0 Å². The molecule has 0 atom stereocenters. The van der Waals surface area contributed by atoms with E-state index in [-0.39, 0.29) is 12.6 Å². The number of carbonyl (C=O) groups excluding carboxylic acids is 2. The highest BCUT2D eigenvalue weighted by Gasteiger charge is 2.02. The van der Waals surface area contributed by atoms with Crippen molar-refractivity contribution < 1.29 is 28.5 Å². The molecule has 0 aliphatic heterocycles. The fourth-order valence-electron chi connectivity index (χ4n) is 1.93. The van der Waals surface area contributed by atoms with Crippen molar-refractivity contribution in [3.8, 4) is 11.5 Å². The van der Waals surface area contributed by atoms with Crippen LogP contribution >= 0.6 is 0 Å². The monoisotopic (exact) mass is 412 g/mol. The molecule has 2 aromatic rings. The van der Waals surface area contributed by atoms with Crippen molar-refractivity contribution in [3.05, 3.63) is 85.5 Å². The SMILES string of the molecule is C=C(C)C(=O)OCCOc1ccccc1.C=CC(=O)OCCCOc1ccccc1. The lowest BCUT2D eigenvalue weighted by molar-refractivity contribution is -0.140. The highest BCUT2D eigenvalue weighted by atomic mass is 16.6. The Bertz CT molecular complexity index is 769. The van der Waals surface area contributed by atoms with Gasteiger partial charge < -0.3 is 18.9 Å². The topological polar surface area (TPSA) is 71.1 Å². The number of rotatable bonds is 11. The summed E-state index contributed by atoms with van der Waals surface area (Å²) in [5, 5.41) is 0. The average Bonchev–Trinajstić information content (AvgIpc) is 2.78. The maximum atomic E-state index is 11.0. The van der Waals surface area contributed by atoms with Crippen LogP contribution in [0.1, 0.15) is 13.3 Å². The van der Waals surface area contributed by atoms with Gasteiger partial charge in [-0.3, -0.25) is 0 Å². The van der Waals surface area contributed by atoms with E-state index in [1.54, 1.807) is 6.92 Å². The molecule has 0 radical (unpaired) electrons. The van der Waals surface area contributed by atoms with Crippen LogP contribution in [-0.4, -0.2) is 38.4 Å². The van der Waals surface area contributed by atoms with Gasteiger partial charge in [-0.1, -0.05) is 49.6 Å². The van der Waals surface area contributed by atoms with E-state index in [4.69, 9.17) is 18.9 Å². The molecule has 0 spiro atoms. The molecule has 0 fully saturated rings. The van der Waals surface area contributed by atoms with E-state index in [0.29, 0.717) is 31.8 Å². The molecule has 0 aromatic heterocycles. The molecule has 0 amide bonds.